The molecule has 0 unspecified atom stereocenters. The molecule has 3 rings (SSSR count). The van der Waals surface area contributed by atoms with E-state index in [1.807, 2.05) is 12.1 Å². The molecule has 1 aromatic heterocycles. The van der Waals surface area contributed by atoms with Crippen LogP contribution in [0.15, 0.2) is 36.5 Å². The van der Waals surface area contributed by atoms with Crippen LogP contribution in [0.2, 0.25) is 5.02 Å². The number of piperazine rings is 1. The van der Waals surface area contributed by atoms with E-state index in [4.69, 9.17) is 11.6 Å². The van der Waals surface area contributed by atoms with Gasteiger partial charge in [0.05, 0.1) is 12.0 Å². The Hall–Kier alpha value is -2.34. The summed E-state index contributed by atoms with van der Waals surface area (Å²) in [6.07, 6.45) is 2.09. The summed E-state index contributed by atoms with van der Waals surface area (Å²) in [6.45, 7) is 1.63. The summed E-state index contributed by atoms with van der Waals surface area (Å²) in [5.41, 5.74) is 0.827. The van der Waals surface area contributed by atoms with Crippen molar-refractivity contribution >= 4 is 23.4 Å². The number of hydrogen-bond acceptors (Lipinski definition) is 2. The molecule has 1 N–H and O–H groups in total. The second kappa shape index (κ2) is 7.05. The minimum Gasteiger partial charge on any atom is -0.365 e. The van der Waals surface area contributed by atoms with Crippen molar-refractivity contribution in [2.24, 2.45) is 0 Å². The molecule has 5 nitrogen and oxygen atoms in total. The molecular formula is C17H17ClFN3O2. The van der Waals surface area contributed by atoms with E-state index in [9.17, 15) is 14.0 Å². The first-order chi connectivity index (χ1) is 11.5. The van der Waals surface area contributed by atoms with Gasteiger partial charge in [-0.15, -0.1) is 0 Å². The molecule has 24 heavy (non-hydrogen) atoms. The topological polar surface area (TPSA) is 56.4 Å². The highest BCUT2D eigenvalue weighted by Gasteiger charge is 2.26. The summed E-state index contributed by atoms with van der Waals surface area (Å²) in [7, 11) is 0. The van der Waals surface area contributed by atoms with Crippen molar-refractivity contribution in [3.8, 4) is 0 Å². The van der Waals surface area contributed by atoms with Crippen LogP contribution in [0.25, 0.3) is 0 Å². The number of aromatic nitrogens is 1. The summed E-state index contributed by atoms with van der Waals surface area (Å²) in [5.74, 6) is -0.973. The Morgan fingerprint density at radius 2 is 1.83 bits per heavy atom. The van der Waals surface area contributed by atoms with E-state index in [2.05, 4.69) is 4.98 Å². The highest BCUT2D eigenvalue weighted by atomic mass is 35.5. The second-order valence-electron chi connectivity index (χ2n) is 5.67. The highest BCUT2D eigenvalue weighted by Crippen LogP contribution is 2.18. The van der Waals surface area contributed by atoms with Crippen LogP contribution in [-0.2, 0) is 11.2 Å². The molecule has 1 fully saturated rings. The zero-order chi connectivity index (χ0) is 17.1. The van der Waals surface area contributed by atoms with E-state index in [-0.39, 0.29) is 11.5 Å². The van der Waals surface area contributed by atoms with E-state index < -0.39 is 11.7 Å². The molecule has 0 spiro atoms. The molecule has 0 bridgehead atoms. The average Bonchev–Trinajstić information content (AvgIpc) is 3.09. The molecule has 1 aromatic carbocycles. The number of carbonyl (C=O) groups is 2. The smallest absolute Gasteiger partial charge is 0.257 e. The van der Waals surface area contributed by atoms with Crippen molar-refractivity contribution in [1.29, 1.82) is 0 Å². The molecule has 0 atom stereocenters. The van der Waals surface area contributed by atoms with Crippen molar-refractivity contribution < 1.29 is 14.0 Å². The average molecular weight is 350 g/mol. The number of H-pyrrole nitrogens is 1. The number of nitrogens with one attached hydrogen (secondary N) is 1. The summed E-state index contributed by atoms with van der Waals surface area (Å²) in [5, 5.41) is 0.319. The lowest BCUT2D eigenvalue weighted by molar-refractivity contribution is -0.132. The lowest BCUT2D eigenvalue weighted by Gasteiger charge is -2.35. The van der Waals surface area contributed by atoms with E-state index in [0.717, 1.165) is 5.69 Å². The molecule has 2 heterocycles. The van der Waals surface area contributed by atoms with Crippen molar-refractivity contribution in [3.05, 3.63) is 58.6 Å². The van der Waals surface area contributed by atoms with Crippen molar-refractivity contribution in [1.82, 2.24) is 14.8 Å². The Morgan fingerprint density at radius 1 is 1.12 bits per heavy atom. The van der Waals surface area contributed by atoms with E-state index in [0.29, 0.717) is 37.6 Å². The van der Waals surface area contributed by atoms with Crippen LogP contribution in [0.4, 0.5) is 4.39 Å². The fourth-order valence-corrected chi connectivity index (χ4v) is 2.91. The monoisotopic (exact) mass is 349 g/mol. The molecule has 0 aliphatic carbocycles. The summed E-state index contributed by atoms with van der Waals surface area (Å²) in [4.78, 5) is 30.9. The van der Waals surface area contributed by atoms with Crippen molar-refractivity contribution in [3.63, 3.8) is 0 Å². The lowest BCUT2D eigenvalue weighted by Crippen LogP contribution is -2.51. The molecular weight excluding hydrogens is 333 g/mol. The van der Waals surface area contributed by atoms with Gasteiger partial charge in [-0.2, -0.15) is 0 Å². The largest absolute Gasteiger partial charge is 0.365 e. The normalized spacial score (nSPS) is 14.8. The van der Waals surface area contributed by atoms with Gasteiger partial charge in [0.25, 0.3) is 5.91 Å². The van der Waals surface area contributed by atoms with Gasteiger partial charge in [-0.3, -0.25) is 9.59 Å². The molecule has 7 heteroatoms. The third kappa shape index (κ3) is 3.59. The standard InChI is InChI=1S/C17H17ClFN3O2/c18-12-3-4-15(19)14(10-12)17(24)22-8-6-21(7-9-22)16(23)11-13-2-1-5-20-13/h1-5,10,20H,6-9,11H2. The zero-order valence-electron chi connectivity index (χ0n) is 13.0. The maximum atomic E-state index is 13.8. The molecule has 1 aliphatic rings. The van der Waals surface area contributed by atoms with Crippen LogP contribution in [0.3, 0.4) is 0 Å². The number of benzene rings is 1. The molecule has 0 radical (unpaired) electrons. The Labute approximate surface area is 144 Å². The predicted octanol–water partition coefficient (Wildman–Crippen LogP) is 2.33. The van der Waals surface area contributed by atoms with Gasteiger partial charge < -0.3 is 14.8 Å². The number of carbonyl (C=O) groups excluding carboxylic acids is 2. The maximum absolute atomic E-state index is 13.8. The Morgan fingerprint density at radius 3 is 2.50 bits per heavy atom. The van der Waals surface area contributed by atoms with Crippen LogP contribution < -0.4 is 0 Å². The van der Waals surface area contributed by atoms with Gasteiger partial charge in [0.1, 0.15) is 5.82 Å². The Balaban J connectivity index is 1.59. The Bertz CT molecular complexity index is 740. The highest BCUT2D eigenvalue weighted by molar-refractivity contribution is 6.31. The number of nitrogens with zero attached hydrogens (tertiary/aromatic N) is 2. The number of halogens is 2. The van der Waals surface area contributed by atoms with Crippen LogP contribution in [-0.4, -0.2) is 52.8 Å². The summed E-state index contributed by atoms with van der Waals surface area (Å²) in [6, 6.07) is 7.64. The summed E-state index contributed by atoms with van der Waals surface area (Å²) < 4.78 is 13.8. The van der Waals surface area contributed by atoms with Gasteiger partial charge in [0.15, 0.2) is 0 Å². The third-order valence-electron chi connectivity index (χ3n) is 4.08. The van der Waals surface area contributed by atoms with Crippen LogP contribution in [0.1, 0.15) is 16.1 Å². The fraction of sp³-hybridized carbons (Fsp3) is 0.294. The van der Waals surface area contributed by atoms with Crippen LogP contribution in [0.5, 0.6) is 0 Å². The SMILES string of the molecule is O=C(Cc1ccc[nH]1)N1CCN(C(=O)c2cc(Cl)ccc2F)CC1. The third-order valence-corrected chi connectivity index (χ3v) is 4.32. The van der Waals surface area contributed by atoms with Gasteiger partial charge >= 0.3 is 0 Å². The first kappa shape index (κ1) is 16.5. The molecule has 1 aliphatic heterocycles. The molecule has 126 valence electrons. The van der Waals surface area contributed by atoms with E-state index in [1.54, 1.807) is 16.0 Å². The van der Waals surface area contributed by atoms with Gasteiger partial charge in [-0.25, -0.2) is 4.39 Å². The van der Waals surface area contributed by atoms with Crippen molar-refractivity contribution in [2.45, 2.75) is 6.42 Å². The van der Waals surface area contributed by atoms with Gasteiger partial charge in [-0.05, 0) is 30.3 Å². The van der Waals surface area contributed by atoms with Crippen LogP contribution in [0, 0.1) is 5.82 Å². The van der Waals surface area contributed by atoms with Crippen molar-refractivity contribution in [2.75, 3.05) is 26.2 Å². The Kier molecular flexibility index (Phi) is 4.85. The van der Waals surface area contributed by atoms with Gasteiger partial charge in [0.2, 0.25) is 5.91 Å². The van der Waals surface area contributed by atoms with E-state index in [1.165, 1.54) is 18.2 Å². The number of amides is 2. The molecule has 2 aromatic rings. The minimum absolute atomic E-state index is 0.0125. The minimum atomic E-state index is -0.588. The number of hydrogen-bond donors (Lipinski definition) is 1. The fourth-order valence-electron chi connectivity index (χ4n) is 2.74. The maximum Gasteiger partial charge on any atom is 0.257 e. The second-order valence-corrected chi connectivity index (χ2v) is 6.11. The predicted molar refractivity (Wildman–Crippen MR) is 88.4 cm³/mol. The molecule has 2 amide bonds. The first-order valence-electron chi connectivity index (χ1n) is 7.69. The quantitative estimate of drug-likeness (QED) is 0.924. The molecule has 0 saturated carbocycles. The van der Waals surface area contributed by atoms with Crippen LogP contribution >= 0.6 is 11.6 Å². The first-order valence-corrected chi connectivity index (χ1v) is 8.07. The number of rotatable bonds is 3. The number of aromatic amines is 1. The van der Waals surface area contributed by atoms with Gasteiger partial charge in [0, 0.05) is 43.1 Å². The lowest BCUT2D eigenvalue weighted by atomic mass is 10.1. The van der Waals surface area contributed by atoms with Gasteiger partial charge in [-0.1, -0.05) is 11.6 Å². The summed E-state index contributed by atoms with van der Waals surface area (Å²) >= 11 is 5.84. The van der Waals surface area contributed by atoms with E-state index >= 15 is 0 Å². The zero-order valence-corrected chi connectivity index (χ0v) is 13.7. The molecule has 1 saturated heterocycles.